The number of hydrogen-bond donors (Lipinski definition) is 0. The minimum atomic E-state index is 0.419. The fourth-order valence-corrected chi connectivity index (χ4v) is 4.34. The lowest BCUT2D eigenvalue weighted by Gasteiger charge is -2.08. The van der Waals surface area contributed by atoms with Crippen LogP contribution in [0.4, 0.5) is 0 Å². The number of rotatable bonds is 10. The molecule has 0 amide bonds. The van der Waals surface area contributed by atoms with E-state index in [1.54, 1.807) is 11.8 Å². The van der Waals surface area contributed by atoms with Crippen LogP contribution in [0.2, 0.25) is 10.0 Å². The molecule has 3 aromatic carbocycles. The Morgan fingerprint density at radius 2 is 1.74 bits per heavy atom. The third-order valence-corrected chi connectivity index (χ3v) is 6.60. The molecular weight excluding hydrogens is 487 g/mol. The molecule has 0 unspecified atom stereocenters. The van der Waals surface area contributed by atoms with Crippen LogP contribution in [0.1, 0.15) is 35.9 Å². The van der Waals surface area contributed by atoms with Gasteiger partial charge in [0.1, 0.15) is 12.4 Å². The molecule has 4 rings (SSSR count). The summed E-state index contributed by atoms with van der Waals surface area (Å²) in [5.41, 5.74) is 3.07. The number of benzene rings is 3. The summed E-state index contributed by atoms with van der Waals surface area (Å²) < 4.78 is 7.69. The molecule has 1 aromatic heterocycles. The van der Waals surface area contributed by atoms with Gasteiger partial charge in [-0.1, -0.05) is 72.2 Å². The molecule has 174 valence electrons. The summed E-state index contributed by atoms with van der Waals surface area (Å²) >= 11 is 13.8. The number of hydrogen-bond acceptors (Lipinski definition) is 5. The van der Waals surface area contributed by atoms with Gasteiger partial charge in [-0.15, -0.1) is 10.2 Å². The lowest BCUT2D eigenvalue weighted by atomic mass is 10.2. The van der Waals surface area contributed by atoms with Gasteiger partial charge in [0.2, 0.25) is 5.16 Å². The SMILES string of the molecule is CCCc1nnc(SCc2ccc(Cl)cc2)n1/N=C\c1ccc(OCc2ccccc2Cl)cc1. The average molecular weight is 511 g/mol. The largest absolute Gasteiger partial charge is 0.489 e. The van der Waals surface area contributed by atoms with Gasteiger partial charge in [0.05, 0.1) is 6.21 Å². The highest BCUT2D eigenvalue weighted by Crippen LogP contribution is 2.24. The van der Waals surface area contributed by atoms with E-state index >= 15 is 0 Å². The summed E-state index contributed by atoms with van der Waals surface area (Å²) in [5.74, 6) is 2.37. The molecular formula is C26H24Cl2N4OS. The minimum absolute atomic E-state index is 0.419. The van der Waals surface area contributed by atoms with Crippen LogP contribution in [-0.2, 0) is 18.8 Å². The van der Waals surface area contributed by atoms with Crippen molar-refractivity contribution < 1.29 is 4.74 Å². The summed E-state index contributed by atoms with van der Waals surface area (Å²) in [5, 5.41) is 15.6. The molecule has 0 atom stereocenters. The Hall–Kier alpha value is -2.80. The zero-order valence-electron chi connectivity index (χ0n) is 18.7. The summed E-state index contributed by atoms with van der Waals surface area (Å²) in [7, 11) is 0. The van der Waals surface area contributed by atoms with E-state index in [1.165, 1.54) is 0 Å². The molecule has 0 saturated heterocycles. The quantitative estimate of drug-likeness (QED) is 0.166. The van der Waals surface area contributed by atoms with Crippen molar-refractivity contribution >= 4 is 41.2 Å². The van der Waals surface area contributed by atoms with Crippen LogP contribution in [0.3, 0.4) is 0 Å². The number of ether oxygens (including phenoxy) is 1. The number of halogens is 2. The van der Waals surface area contributed by atoms with Crippen LogP contribution in [0.5, 0.6) is 5.75 Å². The molecule has 0 radical (unpaired) electrons. The maximum Gasteiger partial charge on any atom is 0.212 e. The predicted octanol–water partition coefficient (Wildman–Crippen LogP) is 7.29. The molecule has 5 nitrogen and oxygen atoms in total. The lowest BCUT2D eigenvalue weighted by molar-refractivity contribution is 0.306. The molecule has 0 spiro atoms. The molecule has 34 heavy (non-hydrogen) atoms. The zero-order chi connectivity index (χ0) is 23.8. The second kappa shape index (κ2) is 12.1. The van der Waals surface area contributed by atoms with E-state index in [9.17, 15) is 0 Å². The maximum absolute atomic E-state index is 6.20. The molecule has 0 saturated carbocycles. The highest BCUT2D eigenvalue weighted by molar-refractivity contribution is 7.98. The molecule has 4 aromatic rings. The van der Waals surface area contributed by atoms with Crippen molar-refractivity contribution in [3.8, 4) is 5.75 Å². The molecule has 0 aliphatic carbocycles. The molecule has 0 bridgehead atoms. The first-order valence-corrected chi connectivity index (χ1v) is 12.7. The van der Waals surface area contributed by atoms with Crippen molar-refractivity contribution in [3.63, 3.8) is 0 Å². The highest BCUT2D eigenvalue weighted by Gasteiger charge is 2.12. The standard InChI is InChI=1S/C26H24Cl2N4OS/c1-2-5-25-30-31-26(34-18-20-8-12-22(27)13-9-20)32(25)29-16-19-10-14-23(15-11-19)33-17-21-6-3-4-7-24(21)28/h3-4,6-16H,2,5,17-18H2,1H3/b29-16-. The zero-order valence-corrected chi connectivity index (χ0v) is 21.0. The van der Waals surface area contributed by atoms with Crippen LogP contribution < -0.4 is 4.74 Å². The van der Waals surface area contributed by atoms with Crippen LogP contribution in [-0.4, -0.2) is 21.1 Å². The summed E-state index contributed by atoms with van der Waals surface area (Å²) in [4.78, 5) is 0. The van der Waals surface area contributed by atoms with Gasteiger partial charge in [-0.3, -0.25) is 0 Å². The highest BCUT2D eigenvalue weighted by atomic mass is 35.5. The Kier molecular flexibility index (Phi) is 8.63. The van der Waals surface area contributed by atoms with Gasteiger partial charge >= 0.3 is 0 Å². The lowest BCUT2D eigenvalue weighted by Crippen LogP contribution is -2.00. The van der Waals surface area contributed by atoms with Crippen LogP contribution in [0.15, 0.2) is 83.1 Å². The average Bonchev–Trinajstić information content (AvgIpc) is 3.24. The van der Waals surface area contributed by atoms with Crippen molar-refractivity contribution in [2.45, 2.75) is 37.3 Å². The Labute approximate surface area is 213 Å². The van der Waals surface area contributed by atoms with E-state index in [2.05, 4.69) is 22.2 Å². The Balaban J connectivity index is 1.42. The van der Waals surface area contributed by atoms with E-state index in [-0.39, 0.29) is 0 Å². The summed E-state index contributed by atoms with van der Waals surface area (Å²) in [6, 6.07) is 23.3. The molecule has 0 N–H and O–H groups in total. The second-order valence-corrected chi connectivity index (χ2v) is 9.36. The summed E-state index contributed by atoms with van der Waals surface area (Å²) in [6.07, 6.45) is 3.58. The number of aryl methyl sites for hydroxylation is 1. The molecule has 8 heteroatoms. The van der Waals surface area contributed by atoms with Crippen LogP contribution in [0.25, 0.3) is 0 Å². The maximum atomic E-state index is 6.20. The minimum Gasteiger partial charge on any atom is -0.489 e. The monoisotopic (exact) mass is 510 g/mol. The number of nitrogens with zero attached hydrogens (tertiary/aromatic N) is 4. The molecule has 0 fully saturated rings. The Morgan fingerprint density at radius 3 is 2.47 bits per heavy atom. The second-order valence-electron chi connectivity index (χ2n) is 7.57. The fourth-order valence-electron chi connectivity index (χ4n) is 3.16. The normalized spacial score (nSPS) is 11.3. The van der Waals surface area contributed by atoms with Crippen LogP contribution >= 0.6 is 35.0 Å². The number of aromatic nitrogens is 3. The van der Waals surface area contributed by atoms with Gasteiger partial charge in [-0.25, -0.2) is 0 Å². The molecule has 0 aliphatic heterocycles. The van der Waals surface area contributed by atoms with E-state index in [4.69, 9.17) is 27.9 Å². The van der Waals surface area contributed by atoms with Crippen molar-refractivity contribution in [1.29, 1.82) is 0 Å². The third kappa shape index (κ3) is 6.63. The van der Waals surface area contributed by atoms with Gasteiger partial charge in [0.25, 0.3) is 0 Å². The topological polar surface area (TPSA) is 52.3 Å². The first kappa shape index (κ1) is 24.3. The summed E-state index contributed by atoms with van der Waals surface area (Å²) in [6.45, 7) is 2.53. The van der Waals surface area contributed by atoms with Crippen LogP contribution in [0, 0.1) is 0 Å². The fraction of sp³-hybridized carbons (Fsp3) is 0.192. The van der Waals surface area contributed by atoms with Crippen molar-refractivity contribution in [1.82, 2.24) is 14.9 Å². The number of thioether (sulfide) groups is 1. The Morgan fingerprint density at radius 1 is 0.971 bits per heavy atom. The first-order chi connectivity index (χ1) is 16.6. The molecule has 0 aliphatic rings. The van der Waals surface area contributed by atoms with Crippen molar-refractivity contribution in [3.05, 3.63) is 105 Å². The van der Waals surface area contributed by atoms with Gasteiger partial charge in [-0.05, 0) is 60.0 Å². The van der Waals surface area contributed by atoms with Crippen molar-refractivity contribution in [2.24, 2.45) is 5.10 Å². The van der Waals surface area contributed by atoms with E-state index < -0.39 is 0 Å². The molecule has 1 heterocycles. The van der Waals surface area contributed by atoms with E-state index in [0.717, 1.165) is 57.0 Å². The Bertz CT molecular complexity index is 1240. The first-order valence-electron chi connectivity index (χ1n) is 10.9. The predicted molar refractivity (Wildman–Crippen MR) is 140 cm³/mol. The van der Waals surface area contributed by atoms with Crippen molar-refractivity contribution in [2.75, 3.05) is 0 Å². The smallest absolute Gasteiger partial charge is 0.212 e. The van der Waals surface area contributed by atoms with Gasteiger partial charge in [-0.2, -0.15) is 9.78 Å². The van der Waals surface area contributed by atoms with Gasteiger partial charge < -0.3 is 4.74 Å². The van der Waals surface area contributed by atoms with E-state index in [0.29, 0.717) is 11.6 Å². The van der Waals surface area contributed by atoms with Gasteiger partial charge in [0.15, 0.2) is 5.82 Å². The van der Waals surface area contributed by atoms with Gasteiger partial charge in [0, 0.05) is 27.8 Å². The third-order valence-electron chi connectivity index (χ3n) is 4.99. The van der Waals surface area contributed by atoms with E-state index in [1.807, 2.05) is 83.7 Å².